The molecule has 0 saturated carbocycles. The third kappa shape index (κ3) is 3.98. The van der Waals surface area contributed by atoms with Gasteiger partial charge in [0.05, 0.1) is 31.9 Å². The number of rotatable bonds is 5. The van der Waals surface area contributed by atoms with Crippen LogP contribution in [0.5, 0.6) is 5.75 Å². The zero-order chi connectivity index (χ0) is 19.6. The van der Waals surface area contributed by atoms with Gasteiger partial charge < -0.3 is 19.8 Å². The van der Waals surface area contributed by atoms with E-state index in [1.807, 2.05) is 25.1 Å². The minimum Gasteiger partial charge on any atom is -0.497 e. The standard InChI is InChI=1S/C20H19BrN2O4/c1-11-15(16-9-13(26-2)5-7-17(16)22-11)10-19(24)23-18-8-12(21)4-6-14(18)20(25)27-3/h4-9,22H,10H2,1-3H3,(H,23,24). The lowest BCUT2D eigenvalue weighted by atomic mass is 10.1. The van der Waals surface area contributed by atoms with E-state index in [2.05, 4.69) is 26.2 Å². The SMILES string of the molecule is COC(=O)c1ccc(Br)cc1NC(=O)Cc1c(C)[nH]c2ccc(OC)cc12. The Morgan fingerprint density at radius 3 is 2.63 bits per heavy atom. The van der Waals surface area contributed by atoms with E-state index in [1.54, 1.807) is 25.3 Å². The second-order valence-electron chi connectivity index (χ2n) is 6.05. The number of hydrogen-bond acceptors (Lipinski definition) is 4. The lowest BCUT2D eigenvalue weighted by Gasteiger charge is -2.11. The molecule has 6 nitrogen and oxygen atoms in total. The predicted molar refractivity (Wildman–Crippen MR) is 107 cm³/mol. The van der Waals surface area contributed by atoms with Gasteiger partial charge in [-0.25, -0.2) is 4.79 Å². The number of fused-ring (bicyclic) bond motifs is 1. The quantitative estimate of drug-likeness (QED) is 0.593. The molecule has 1 aromatic heterocycles. The number of amides is 1. The molecule has 2 aromatic carbocycles. The summed E-state index contributed by atoms with van der Waals surface area (Å²) < 4.78 is 10.8. The fraction of sp³-hybridized carbons (Fsp3) is 0.200. The van der Waals surface area contributed by atoms with E-state index in [0.717, 1.165) is 32.4 Å². The molecule has 3 aromatic rings. The van der Waals surface area contributed by atoms with Gasteiger partial charge in [-0.1, -0.05) is 15.9 Å². The molecule has 7 heteroatoms. The van der Waals surface area contributed by atoms with Crippen LogP contribution in [-0.2, 0) is 16.0 Å². The van der Waals surface area contributed by atoms with Crippen molar-refractivity contribution < 1.29 is 19.1 Å². The number of esters is 1. The highest BCUT2D eigenvalue weighted by molar-refractivity contribution is 9.10. The van der Waals surface area contributed by atoms with Gasteiger partial charge in [-0.2, -0.15) is 0 Å². The molecule has 0 aliphatic heterocycles. The van der Waals surface area contributed by atoms with Crippen molar-refractivity contribution in [3.05, 3.63) is 57.7 Å². The molecule has 2 N–H and O–H groups in total. The molecule has 0 unspecified atom stereocenters. The molecule has 0 spiro atoms. The largest absolute Gasteiger partial charge is 0.497 e. The zero-order valence-corrected chi connectivity index (χ0v) is 16.8. The molecule has 0 fully saturated rings. The Balaban J connectivity index is 1.89. The number of halogens is 1. The Morgan fingerprint density at radius 1 is 1.15 bits per heavy atom. The highest BCUT2D eigenvalue weighted by atomic mass is 79.9. The van der Waals surface area contributed by atoms with Gasteiger partial charge in [0, 0.05) is 21.1 Å². The molecular weight excluding hydrogens is 412 g/mol. The van der Waals surface area contributed by atoms with Gasteiger partial charge in [-0.15, -0.1) is 0 Å². The second kappa shape index (κ2) is 7.84. The fourth-order valence-electron chi connectivity index (χ4n) is 2.98. The fourth-order valence-corrected chi connectivity index (χ4v) is 3.34. The summed E-state index contributed by atoms with van der Waals surface area (Å²) in [6.45, 7) is 1.92. The van der Waals surface area contributed by atoms with Gasteiger partial charge in [-0.05, 0) is 48.9 Å². The lowest BCUT2D eigenvalue weighted by Crippen LogP contribution is -2.17. The Hall–Kier alpha value is -2.80. The Labute approximate surface area is 165 Å². The first-order valence-corrected chi connectivity index (χ1v) is 9.05. The van der Waals surface area contributed by atoms with Gasteiger partial charge in [0.15, 0.2) is 0 Å². The van der Waals surface area contributed by atoms with E-state index in [9.17, 15) is 9.59 Å². The van der Waals surface area contributed by atoms with E-state index in [1.165, 1.54) is 7.11 Å². The summed E-state index contributed by atoms with van der Waals surface area (Å²) in [6.07, 6.45) is 0.159. The topological polar surface area (TPSA) is 80.4 Å². The number of hydrogen-bond donors (Lipinski definition) is 2. The first kappa shape index (κ1) is 19.0. The molecule has 0 radical (unpaired) electrons. The van der Waals surface area contributed by atoms with Crippen LogP contribution in [0, 0.1) is 6.92 Å². The number of aromatic amines is 1. The molecule has 140 valence electrons. The minimum atomic E-state index is -0.509. The van der Waals surface area contributed by atoms with Crippen LogP contribution in [0.2, 0.25) is 0 Å². The van der Waals surface area contributed by atoms with Gasteiger partial charge in [-0.3, -0.25) is 4.79 Å². The normalized spacial score (nSPS) is 10.7. The van der Waals surface area contributed by atoms with Crippen molar-refractivity contribution in [2.75, 3.05) is 19.5 Å². The van der Waals surface area contributed by atoms with Gasteiger partial charge in [0.1, 0.15) is 5.75 Å². The summed E-state index contributed by atoms with van der Waals surface area (Å²) in [6, 6.07) is 10.7. The van der Waals surface area contributed by atoms with Crippen LogP contribution >= 0.6 is 15.9 Å². The number of aryl methyl sites for hydroxylation is 1. The van der Waals surface area contributed by atoms with E-state index in [4.69, 9.17) is 9.47 Å². The number of H-pyrrole nitrogens is 1. The average Bonchev–Trinajstić information content (AvgIpc) is 2.95. The van der Waals surface area contributed by atoms with E-state index < -0.39 is 5.97 Å². The number of methoxy groups -OCH3 is 2. The third-order valence-corrected chi connectivity index (χ3v) is 4.82. The molecule has 0 aliphatic rings. The molecule has 1 amide bonds. The zero-order valence-electron chi connectivity index (χ0n) is 15.2. The summed E-state index contributed by atoms with van der Waals surface area (Å²) in [5.74, 6) is -0.0148. The highest BCUT2D eigenvalue weighted by Gasteiger charge is 2.17. The second-order valence-corrected chi connectivity index (χ2v) is 6.96. The molecule has 1 heterocycles. The summed E-state index contributed by atoms with van der Waals surface area (Å²) in [7, 11) is 2.91. The van der Waals surface area contributed by atoms with Crippen LogP contribution < -0.4 is 10.1 Å². The molecule has 0 atom stereocenters. The van der Waals surface area contributed by atoms with Gasteiger partial charge >= 0.3 is 5.97 Å². The van der Waals surface area contributed by atoms with Crippen LogP contribution in [0.15, 0.2) is 40.9 Å². The van der Waals surface area contributed by atoms with Crippen molar-refractivity contribution in [1.82, 2.24) is 4.98 Å². The number of ether oxygens (including phenoxy) is 2. The van der Waals surface area contributed by atoms with Crippen molar-refractivity contribution in [3.63, 3.8) is 0 Å². The number of benzene rings is 2. The summed E-state index contributed by atoms with van der Waals surface area (Å²) in [4.78, 5) is 27.9. The molecule has 3 rings (SSSR count). The maximum atomic E-state index is 12.7. The summed E-state index contributed by atoms with van der Waals surface area (Å²) in [5, 5.41) is 3.75. The van der Waals surface area contributed by atoms with Crippen LogP contribution in [0.25, 0.3) is 10.9 Å². The summed E-state index contributed by atoms with van der Waals surface area (Å²) in [5.41, 5.74) is 3.43. The number of nitrogens with one attached hydrogen (secondary N) is 2. The van der Waals surface area contributed by atoms with Crippen molar-refractivity contribution in [2.45, 2.75) is 13.3 Å². The first-order valence-electron chi connectivity index (χ1n) is 8.26. The molecule has 0 saturated heterocycles. The minimum absolute atomic E-state index is 0.159. The lowest BCUT2D eigenvalue weighted by molar-refractivity contribution is -0.115. The van der Waals surface area contributed by atoms with Crippen LogP contribution in [0.4, 0.5) is 5.69 Å². The predicted octanol–water partition coefficient (Wildman–Crippen LogP) is 4.22. The number of carbonyl (C=O) groups excluding carboxylic acids is 2. The van der Waals surface area contributed by atoms with Crippen molar-refractivity contribution in [2.24, 2.45) is 0 Å². The van der Waals surface area contributed by atoms with Gasteiger partial charge in [0.25, 0.3) is 0 Å². The van der Waals surface area contributed by atoms with E-state index in [0.29, 0.717) is 11.3 Å². The first-order chi connectivity index (χ1) is 12.9. The molecule has 27 heavy (non-hydrogen) atoms. The number of anilines is 1. The number of aromatic nitrogens is 1. The number of carbonyl (C=O) groups is 2. The molecular formula is C20H19BrN2O4. The van der Waals surface area contributed by atoms with Crippen LogP contribution in [0.1, 0.15) is 21.6 Å². The molecule has 0 bridgehead atoms. The van der Waals surface area contributed by atoms with Gasteiger partial charge in [0.2, 0.25) is 5.91 Å². The van der Waals surface area contributed by atoms with E-state index in [-0.39, 0.29) is 12.3 Å². The Morgan fingerprint density at radius 2 is 1.93 bits per heavy atom. The van der Waals surface area contributed by atoms with Crippen molar-refractivity contribution in [3.8, 4) is 5.75 Å². The van der Waals surface area contributed by atoms with Crippen molar-refractivity contribution in [1.29, 1.82) is 0 Å². The van der Waals surface area contributed by atoms with E-state index >= 15 is 0 Å². The van der Waals surface area contributed by atoms with Crippen LogP contribution in [0.3, 0.4) is 0 Å². The maximum Gasteiger partial charge on any atom is 0.339 e. The molecule has 0 aliphatic carbocycles. The average molecular weight is 431 g/mol. The Kier molecular flexibility index (Phi) is 5.51. The summed E-state index contributed by atoms with van der Waals surface area (Å²) >= 11 is 3.36. The smallest absolute Gasteiger partial charge is 0.339 e. The monoisotopic (exact) mass is 430 g/mol. The van der Waals surface area contributed by atoms with Crippen molar-refractivity contribution >= 4 is 44.4 Å². The van der Waals surface area contributed by atoms with Crippen LogP contribution in [-0.4, -0.2) is 31.1 Å². The Bertz CT molecular complexity index is 1030. The highest BCUT2D eigenvalue weighted by Crippen LogP contribution is 2.28. The maximum absolute atomic E-state index is 12.7. The third-order valence-electron chi connectivity index (χ3n) is 4.33.